The number of hydrogen-bond donors (Lipinski definition) is 1. The van der Waals surface area contributed by atoms with E-state index in [-0.39, 0.29) is 0 Å². The van der Waals surface area contributed by atoms with Gasteiger partial charge in [-0.25, -0.2) is 0 Å². The van der Waals surface area contributed by atoms with Crippen LogP contribution in [0.5, 0.6) is 0 Å². The Hall–Kier alpha value is -0.860. The molecule has 2 nitrogen and oxygen atoms in total. The van der Waals surface area contributed by atoms with Gasteiger partial charge in [0.25, 0.3) is 0 Å². The fourth-order valence-corrected chi connectivity index (χ4v) is 2.23. The largest absolute Gasteiger partial charge is 0.372 e. The zero-order valence-electron chi connectivity index (χ0n) is 9.28. The molecule has 1 unspecified atom stereocenters. The maximum atomic E-state index is 5.93. The van der Waals surface area contributed by atoms with Crippen molar-refractivity contribution in [3.63, 3.8) is 0 Å². The Kier molecular flexibility index (Phi) is 3.75. The maximum Gasteiger partial charge on any atom is 0.0732 e. The van der Waals surface area contributed by atoms with E-state index in [0.29, 0.717) is 12.1 Å². The molecule has 0 spiro atoms. The summed E-state index contributed by atoms with van der Waals surface area (Å²) in [5, 5.41) is 3.33. The molecule has 0 saturated heterocycles. The molecule has 0 radical (unpaired) electrons. The van der Waals surface area contributed by atoms with Crippen molar-refractivity contribution in [3.05, 3.63) is 35.9 Å². The molecule has 0 aromatic heterocycles. The molecule has 82 valence electrons. The lowest BCUT2D eigenvalue weighted by Crippen LogP contribution is -2.34. The first-order chi connectivity index (χ1) is 7.40. The molecule has 0 bridgehead atoms. The Bertz CT molecular complexity index is 286. The summed E-state index contributed by atoms with van der Waals surface area (Å²) in [5.74, 6) is 0. The molecule has 2 heteroatoms. The molecule has 1 saturated carbocycles. The molecular weight excluding hydrogens is 186 g/mol. The standard InChI is InChI=1S/C13H19NO/c1-14-12-8-5-9-13(12)15-10-11-6-3-2-4-7-11/h2-4,6-7,12-14H,5,8-10H2,1H3/t12?,13-/m0/s1. The normalized spacial score (nSPS) is 25.7. The van der Waals surface area contributed by atoms with Gasteiger partial charge < -0.3 is 10.1 Å². The zero-order valence-corrected chi connectivity index (χ0v) is 9.28. The third-order valence-electron chi connectivity index (χ3n) is 3.13. The van der Waals surface area contributed by atoms with Crippen molar-refractivity contribution in [2.45, 2.75) is 38.0 Å². The number of likely N-dealkylation sites (N-methyl/N-ethyl adjacent to an activating group) is 1. The van der Waals surface area contributed by atoms with Gasteiger partial charge in [0.2, 0.25) is 0 Å². The van der Waals surface area contributed by atoms with E-state index in [1.54, 1.807) is 0 Å². The van der Waals surface area contributed by atoms with Gasteiger partial charge in [-0.1, -0.05) is 30.3 Å². The second kappa shape index (κ2) is 5.29. The van der Waals surface area contributed by atoms with Crippen molar-refractivity contribution in [2.24, 2.45) is 0 Å². The Morgan fingerprint density at radius 2 is 2.07 bits per heavy atom. The van der Waals surface area contributed by atoms with Gasteiger partial charge in [-0.2, -0.15) is 0 Å². The summed E-state index contributed by atoms with van der Waals surface area (Å²) in [4.78, 5) is 0. The van der Waals surface area contributed by atoms with E-state index in [2.05, 4.69) is 29.6 Å². The predicted molar refractivity (Wildman–Crippen MR) is 61.7 cm³/mol. The summed E-state index contributed by atoms with van der Waals surface area (Å²) in [6.45, 7) is 0.740. The van der Waals surface area contributed by atoms with Gasteiger partial charge in [0.15, 0.2) is 0 Å². The molecule has 0 aliphatic heterocycles. The van der Waals surface area contributed by atoms with Gasteiger partial charge in [-0.3, -0.25) is 0 Å². The zero-order chi connectivity index (χ0) is 10.5. The van der Waals surface area contributed by atoms with Crippen LogP contribution in [0.4, 0.5) is 0 Å². The third-order valence-corrected chi connectivity index (χ3v) is 3.13. The fraction of sp³-hybridized carbons (Fsp3) is 0.538. The first-order valence-electron chi connectivity index (χ1n) is 5.73. The molecular formula is C13H19NO. The molecule has 1 fully saturated rings. The van der Waals surface area contributed by atoms with Crippen LogP contribution in [0.15, 0.2) is 30.3 Å². The Balaban J connectivity index is 1.83. The van der Waals surface area contributed by atoms with Crippen LogP contribution in [0.25, 0.3) is 0 Å². The van der Waals surface area contributed by atoms with Crippen LogP contribution in [-0.4, -0.2) is 19.2 Å². The summed E-state index contributed by atoms with van der Waals surface area (Å²) in [6.07, 6.45) is 4.12. The second-order valence-corrected chi connectivity index (χ2v) is 4.16. The minimum atomic E-state index is 0.398. The monoisotopic (exact) mass is 205 g/mol. The summed E-state index contributed by atoms with van der Waals surface area (Å²) in [5.41, 5.74) is 1.26. The summed E-state index contributed by atoms with van der Waals surface area (Å²) >= 11 is 0. The minimum Gasteiger partial charge on any atom is -0.372 e. The van der Waals surface area contributed by atoms with Gasteiger partial charge in [0.05, 0.1) is 12.7 Å². The second-order valence-electron chi connectivity index (χ2n) is 4.16. The molecule has 1 aliphatic carbocycles. The van der Waals surface area contributed by atoms with E-state index >= 15 is 0 Å². The average molecular weight is 205 g/mol. The van der Waals surface area contributed by atoms with Crippen LogP contribution in [0, 0.1) is 0 Å². The first kappa shape index (κ1) is 10.7. The molecule has 1 N–H and O–H groups in total. The SMILES string of the molecule is CNC1CCC[C@@H]1OCc1ccccc1. The quantitative estimate of drug-likeness (QED) is 0.814. The van der Waals surface area contributed by atoms with Crippen LogP contribution in [0.3, 0.4) is 0 Å². The van der Waals surface area contributed by atoms with E-state index in [1.807, 2.05) is 13.1 Å². The Labute approximate surface area is 91.6 Å². The van der Waals surface area contributed by atoms with Crippen LogP contribution in [0.2, 0.25) is 0 Å². The first-order valence-corrected chi connectivity index (χ1v) is 5.73. The highest BCUT2D eigenvalue weighted by Gasteiger charge is 2.26. The summed E-state index contributed by atoms with van der Waals surface area (Å²) in [7, 11) is 2.02. The van der Waals surface area contributed by atoms with Crippen molar-refractivity contribution >= 4 is 0 Å². The number of rotatable bonds is 4. The predicted octanol–water partition coefficient (Wildman–Crippen LogP) is 2.34. The van der Waals surface area contributed by atoms with Crippen LogP contribution in [-0.2, 0) is 11.3 Å². The molecule has 15 heavy (non-hydrogen) atoms. The van der Waals surface area contributed by atoms with Crippen LogP contribution in [0.1, 0.15) is 24.8 Å². The Morgan fingerprint density at radius 3 is 2.80 bits per heavy atom. The van der Waals surface area contributed by atoms with Crippen molar-refractivity contribution in [3.8, 4) is 0 Å². The molecule has 1 aromatic rings. The topological polar surface area (TPSA) is 21.3 Å². The molecule has 2 rings (SSSR count). The van der Waals surface area contributed by atoms with E-state index in [1.165, 1.54) is 24.8 Å². The lowest BCUT2D eigenvalue weighted by molar-refractivity contribution is 0.0295. The molecule has 2 atom stereocenters. The Morgan fingerprint density at radius 1 is 1.27 bits per heavy atom. The van der Waals surface area contributed by atoms with Gasteiger partial charge >= 0.3 is 0 Å². The molecule has 0 heterocycles. The lowest BCUT2D eigenvalue weighted by atomic mass is 10.2. The van der Waals surface area contributed by atoms with Gasteiger partial charge in [0.1, 0.15) is 0 Å². The summed E-state index contributed by atoms with van der Waals surface area (Å²) < 4.78 is 5.93. The van der Waals surface area contributed by atoms with Crippen LogP contribution >= 0.6 is 0 Å². The van der Waals surface area contributed by atoms with Crippen molar-refractivity contribution < 1.29 is 4.74 Å². The number of nitrogens with one attached hydrogen (secondary N) is 1. The maximum absolute atomic E-state index is 5.93. The van der Waals surface area contributed by atoms with Crippen LogP contribution < -0.4 is 5.32 Å². The molecule has 0 amide bonds. The fourth-order valence-electron chi connectivity index (χ4n) is 2.23. The lowest BCUT2D eigenvalue weighted by Gasteiger charge is -2.19. The highest BCUT2D eigenvalue weighted by molar-refractivity contribution is 5.13. The van der Waals surface area contributed by atoms with Gasteiger partial charge in [-0.15, -0.1) is 0 Å². The average Bonchev–Trinajstić information content (AvgIpc) is 2.75. The van der Waals surface area contributed by atoms with Crippen molar-refractivity contribution in [1.29, 1.82) is 0 Å². The van der Waals surface area contributed by atoms with E-state index < -0.39 is 0 Å². The van der Waals surface area contributed by atoms with E-state index in [0.717, 1.165) is 6.61 Å². The van der Waals surface area contributed by atoms with Crippen molar-refractivity contribution in [1.82, 2.24) is 5.32 Å². The number of benzene rings is 1. The highest BCUT2D eigenvalue weighted by atomic mass is 16.5. The van der Waals surface area contributed by atoms with Gasteiger partial charge in [0, 0.05) is 6.04 Å². The molecule has 1 aromatic carbocycles. The number of ether oxygens (including phenoxy) is 1. The minimum absolute atomic E-state index is 0.398. The van der Waals surface area contributed by atoms with E-state index in [4.69, 9.17) is 4.74 Å². The molecule has 1 aliphatic rings. The van der Waals surface area contributed by atoms with Crippen molar-refractivity contribution in [2.75, 3.05) is 7.05 Å². The smallest absolute Gasteiger partial charge is 0.0732 e. The summed E-state index contributed by atoms with van der Waals surface area (Å²) in [6, 6.07) is 10.9. The third kappa shape index (κ3) is 2.80. The highest BCUT2D eigenvalue weighted by Crippen LogP contribution is 2.22. The number of hydrogen-bond acceptors (Lipinski definition) is 2. The van der Waals surface area contributed by atoms with Gasteiger partial charge in [-0.05, 0) is 31.9 Å². The van der Waals surface area contributed by atoms with E-state index in [9.17, 15) is 0 Å².